The molecule has 2 aromatic rings. The summed E-state index contributed by atoms with van der Waals surface area (Å²) < 4.78 is 0. The molecule has 136 valence electrons. The second-order valence-corrected chi connectivity index (χ2v) is 7.12. The Bertz CT molecular complexity index is 838. The van der Waals surface area contributed by atoms with Crippen LogP contribution < -0.4 is 10.6 Å². The van der Waals surface area contributed by atoms with E-state index in [1.54, 1.807) is 30.3 Å². The normalized spacial score (nSPS) is 10.9. The van der Waals surface area contributed by atoms with Crippen LogP contribution in [0.15, 0.2) is 42.6 Å². The Kier molecular flexibility index (Phi) is 5.87. The summed E-state index contributed by atoms with van der Waals surface area (Å²) in [5, 5.41) is 5.58. The average molecular weight is 353 g/mol. The third-order valence-corrected chi connectivity index (χ3v) is 3.46. The molecule has 1 aromatic carbocycles. The molecule has 0 radical (unpaired) electrons. The molecule has 0 spiro atoms. The van der Waals surface area contributed by atoms with Gasteiger partial charge in [-0.15, -0.1) is 0 Å². The fraction of sp³-hybridized carbons (Fsp3) is 0.300. The number of hydrogen-bond acceptors (Lipinski definition) is 4. The third kappa shape index (κ3) is 5.81. The first-order valence-corrected chi connectivity index (χ1v) is 8.32. The van der Waals surface area contributed by atoms with Crippen molar-refractivity contribution < 1.29 is 14.4 Å². The number of carbonyl (C=O) groups excluding carboxylic acids is 3. The molecule has 1 heterocycles. The summed E-state index contributed by atoms with van der Waals surface area (Å²) >= 11 is 0. The summed E-state index contributed by atoms with van der Waals surface area (Å²) in [6, 6.07) is 10.1. The van der Waals surface area contributed by atoms with Gasteiger partial charge in [0.2, 0.25) is 5.91 Å². The number of aromatic nitrogens is 1. The number of benzene rings is 1. The largest absolute Gasteiger partial charge is 0.346 e. The van der Waals surface area contributed by atoms with Crippen molar-refractivity contribution in [1.29, 1.82) is 0 Å². The third-order valence-electron chi connectivity index (χ3n) is 3.46. The van der Waals surface area contributed by atoms with Gasteiger partial charge >= 0.3 is 0 Å². The number of ketones is 1. The second-order valence-electron chi connectivity index (χ2n) is 7.12. The molecule has 0 aliphatic rings. The summed E-state index contributed by atoms with van der Waals surface area (Å²) in [5.41, 5.74) is 1.66. The van der Waals surface area contributed by atoms with E-state index in [0.29, 0.717) is 11.3 Å². The SMILES string of the molecule is CC(=O)c1cccc(CC(=O)Nc2ccnc(C(=O)NC(C)(C)C)c2)c1. The van der Waals surface area contributed by atoms with E-state index in [0.717, 1.165) is 5.56 Å². The highest BCUT2D eigenvalue weighted by atomic mass is 16.2. The van der Waals surface area contributed by atoms with Crippen LogP contribution >= 0.6 is 0 Å². The number of Topliss-reactive ketones (excluding diaryl/α,β-unsaturated/α-hetero) is 1. The zero-order chi connectivity index (χ0) is 19.3. The van der Waals surface area contributed by atoms with Gasteiger partial charge < -0.3 is 10.6 Å². The summed E-state index contributed by atoms with van der Waals surface area (Å²) in [6.07, 6.45) is 1.61. The molecule has 0 bridgehead atoms. The lowest BCUT2D eigenvalue weighted by atomic mass is 10.1. The lowest BCUT2D eigenvalue weighted by Crippen LogP contribution is -2.40. The Morgan fingerprint density at radius 2 is 1.81 bits per heavy atom. The van der Waals surface area contributed by atoms with E-state index in [-0.39, 0.29) is 35.3 Å². The molecule has 2 rings (SSSR count). The minimum absolute atomic E-state index is 0.0455. The molecule has 6 heteroatoms. The van der Waals surface area contributed by atoms with E-state index in [1.165, 1.54) is 19.2 Å². The number of pyridine rings is 1. The molecule has 0 aliphatic heterocycles. The van der Waals surface area contributed by atoms with Crippen molar-refractivity contribution in [3.8, 4) is 0 Å². The molecule has 0 fully saturated rings. The second kappa shape index (κ2) is 7.91. The average Bonchev–Trinajstić information content (AvgIpc) is 2.53. The summed E-state index contributed by atoms with van der Waals surface area (Å²) in [6.45, 7) is 7.13. The predicted molar refractivity (Wildman–Crippen MR) is 100 cm³/mol. The molecule has 0 unspecified atom stereocenters. The van der Waals surface area contributed by atoms with E-state index in [4.69, 9.17) is 0 Å². The highest BCUT2D eigenvalue weighted by Gasteiger charge is 2.17. The van der Waals surface area contributed by atoms with E-state index < -0.39 is 0 Å². The van der Waals surface area contributed by atoms with Crippen molar-refractivity contribution in [2.45, 2.75) is 39.7 Å². The van der Waals surface area contributed by atoms with Crippen molar-refractivity contribution >= 4 is 23.3 Å². The van der Waals surface area contributed by atoms with E-state index in [2.05, 4.69) is 15.6 Å². The van der Waals surface area contributed by atoms with Crippen LogP contribution in [-0.4, -0.2) is 28.1 Å². The summed E-state index contributed by atoms with van der Waals surface area (Å²) in [7, 11) is 0. The maximum absolute atomic E-state index is 12.3. The van der Waals surface area contributed by atoms with Gasteiger partial charge in [-0.3, -0.25) is 19.4 Å². The monoisotopic (exact) mass is 353 g/mol. The molecule has 0 saturated carbocycles. The van der Waals surface area contributed by atoms with Crippen LogP contribution in [0.25, 0.3) is 0 Å². The number of amides is 2. The number of anilines is 1. The summed E-state index contributed by atoms with van der Waals surface area (Å²) in [5.74, 6) is -0.585. The van der Waals surface area contributed by atoms with Gasteiger partial charge in [0.1, 0.15) is 5.69 Å². The summed E-state index contributed by atoms with van der Waals surface area (Å²) in [4.78, 5) is 39.9. The van der Waals surface area contributed by atoms with E-state index >= 15 is 0 Å². The molecule has 2 N–H and O–H groups in total. The molecule has 0 aliphatic carbocycles. The first-order valence-electron chi connectivity index (χ1n) is 8.32. The zero-order valence-electron chi connectivity index (χ0n) is 15.4. The Hall–Kier alpha value is -3.02. The Morgan fingerprint density at radius 3 is 2.46 bits per heavy atom. The Labute approximate surface area is 153 Å². The van der Waals surface area contributed by atoms with Gasteiger partial charge in [-0.1, -0.05) is 18.2 Å². The molecular weight excluding hydrogens is 330 g/mol. The van der Waals surface area contributed by atoms with Crippen molar-refractivity contribution in [1.82, 2.24) is 10.3 Å². The molecule has 2 amide bonds. The molecular formula is C20H23N3O3. The zero-order valence-corrected chi connectivity index (χ0v) is 15.4. The standard InChI is InChI=1S/C20H23N3O3/c1-13(24)15-7-5-6-14(10-15)11-18(25)22-16-8-9-21-17(12-16)19(26)23-20(2,3)4/h5-10,12H,11H2,1-4H3,(H,23,26)(H,21,22,25). The first-order chi connectivity index (χ1) is 12.1. The van der Waals surface area contributed by atoms with Gasteiger partial charge in [-0.2, -0.15) is 0 Å². The molecule has 26 heavy (non-hydrogen) atoms. The fourth-order valence-electron chi connectivity index (χ4n) is 2.33. The highest BCUT2D eigenvalue weighted by Crippen LogP contribution is 2.12. The van der Waals surface area contributed by atoms with Gasteiger partial charge in [0.25, 0.3) is 5.91 Å². The van der Waals surface area contributed by atoms with Crippen LogP contribution in [-0.2, 0) is 11.2 Å². The van der Waals surface area contributed by atoms with Crippen LogP contribution in [0, 0.1) is 0 Å². The minimum atomic E-state index is -0.375. The quantitative estimate of drug-likeness (QED) is 0.809. The topological polar surface area (TPSA) is 88.2 Å². The Balaban J connectivity index is 2.05. The van der Waals surface area contributed by atoms with Gasteiger partial charge in [0.05, 0.1) is 6.42 Å². The first kappa shape index (κ1) is 19.3. The van der Waals surface area contributed by atoms with Crippen LogP contribution in [0.4, 0.5) is 5.69 Å². The molecule has 0 saturated heterocycles. The van der Waals surface area contributed by atoms with Crippen molar-refractivity contribution in [2.75, 3.05) is 5.32 Å². The maximum atomic E-state index is 12.3. The maximum Gasteiger partial charge on any atom is 0.270 e. The van der Waals surface area contributed by atoms with Gasteiger partial charge in [-0.25, -0.2) is 0 Å². The smallest absolute Gasteiger partial charge is 0.270 e. The van der Waals surface area contributed by atoms with Crippen LogP contribution in [0.2, 0.25) is 0 Å². The van der Waals surface area contributed by atoms with Gasteiger partial charge in [0, 0.05) is 23.0 Å². The van der Waals surface area contributed by atoms with Gasteiger partial charge in [-0.05, 0) is 51.5 Å². The number of nitrogens with one attached hydrogen (secondary N) is 2. The molecule has 1 aromatic heterocycles. The van der Waals surface area contributed by atoms with Crippen molar-refractivity contribution in [3.05, 3.63) is 59.4 Å². The van der Waals surface area contributed by atoms with Crippen LogP contribution in [0.3, 0.4) is 0 Å². The molecule has 0 atom stereocenters. The van der Waals surface area contributed by atoms with Crippen LogP contribution in [0.1, 0.15) is 54.1 Å². The lowest BCUT2D eigenvalue weighted by Gasteiger charge is -2.20. The molecule has 6 nitrogen and oxygen atoms in total. The van der Waals surface area contributed by atoms with Crippen LogP contribution in [0.5, 0.6) is 0 Å². The lowest BCUT2D eigenvalue weighted by molar-refractivity contribution is -0.115. The van der Waals surface area contributed by atoms with Gasteiger partial charge in [0.15, 0.2) is 5.78 Å². The minimum Gasteiger partial charge on any atom is -0.346 e. The van der Waals surface area contributed by atoms with E-state index in [1.807, 2.05) is 20.8 Å². The fourth-order valence-corrected chi connectivity index (χ4v) is 2.33. The van der Waals surface area contributed by atoms with Crippen molar-refractivity contribution in [3.63, 3.8) is 0 Å². The predicted octanol–water partition coefficient (Wildman–Crippen LogP) is 2.99. The number of rotatable bonds is 5. The number of hydrogen-bond donors (Lipinski definition) is 2. The highest BCUT2D eigenvalue weighted by molar-refractivity contribution is 5.97. The number of nitrogens with zero attached hydrogens (tertiary/aromatic N) is 1. The Morgan fingerprint density at radius 1 is 1.08 bits per heavy atom. The number of carbonyl (C=O) groups is 3. The van der Waals surface area contributed by atoms with E-state index in [9.17, 15) is 14.4 Å². The van der Waals surface area contributed by atoms with Crippen molar-refractivity contribution in [2.24, 2.45) is 0 Å².